The number of hydrogen-bond donors (Lipinski definition) is 0. The third-order valence-corrected chi connectivity index (χ3v) is 2.05. The van der Waals surface area contributed by atoms with Gasteiger partial charge in [0.05, 0.1) is 13.2 Å². The summed E-state index contributed by atoms with van der Waals surface area (Å²) >= 11 is 0. The quantitative estimate of drug-likeness (QED) is 0.691. The first-order chi connectivity index (χ1) is 7.70. The van der Waals surface area contributed by atoms with E-state index in [1.54, 1.807) is 13.0 Å². The molecular weight excluding hydrogens is 210 g/mol. The van der Waals surface area contributed by atoms with Crippen LogP contribution in [0, 0.1) is 0 Å². The highest BCUT2D eigenvalue weighted by Crippen LogP contribution is 1.99. The van der Waals surface area contributed by atoms with Crippen LogP contribution in [0.1, 0.15) is 17.4 Å². The van der Waals surface area contributed by atoms with Crippen LogP contribution in [0.2, 0.25) is 0 Å². The Hall–Kier alpha value is -1.62. The Bertz CT molecular complexity index is 411. The van der Waals surface area contributed by atoms with Crippen LogP contribution in [0.15, 0.2) is 23.0 Å². The first-order valence-electron chi connectivity index (χ1n) is 5.06. The van der Waals surface area contributed by atoms with Gasteiger partial charge in [-0.3, -0.25) is 4.79 Å². The molecule has 0 amide bonds. The first-order valence-corrected chi connectivity index (χ1v) is 5.06. The summed E-state index contributed by atoms with van der Waals surface area (Å²) in [7, 11) is 1.54. The molecule has 0 saturated carbocycles. The van der Waals surface area contributed by atoms with Crippen LogP contribution in [-0.2, 0) is 16.0 Å². The van der Waals surface area contributed by atoms with Gasteiger partial charge in [0.25, 0.3) is 5.56 Å². The number of aromatic nitrogens is 1. The van der Waals surface area contributed by atoms with E-state index >= 15 is 0 Å². The number of nitrogens with zero attached hydrogens (tertiary/aromatic N) is 1. The molecule has 1 aromatic rings. The van der Waals surface area contributed by atoms with E-state index in [1.807, 2.05) is 0 Å². The molecule has 0 aromatic carbocycles. The third kappa shape index (κ3) is 2.93. The van der Waals surface area contributed by atoms with Crippen molar-refractivity contribution in [1.82, 2.24) is 4.57 Å². The molecule has 0 spiro atoms. The maximum atomic E-state index is 11.6. The molecule has 5 nitrogen and oxygen atoms in total. The number of methoxy groups -OCH3 is 1. The maximum absolute atomic E-state index is 11.6. The molecule has 1 rings (SSSR count). The number of carbonyl (C=O) groups excluding carboxylic acids is 1. The SMILES string of the molecule is CCOC(=O)c1cccc(=O)n1CCOC. The fourth-order valence-electron chi connectivity index (χ4n) is 1.32. The van der Waals surface area contributed by atoms with Crippen LogP contribution in [0.25, 0.3) is 0 Å². The smallest absolute Gasteiger partial charge is 0.355 e. The Kier molecular flexibility index (Phi) is 4.72. The molecule has 0 aliphatic heterocycles. The minimum Gasteiger partial charge on any atom is -0.461 e. The number of pyridine rings is 1. The van der Waals surface area contributed by atoms with Crippen molar-refractivity contribution >= 4 is 5.97 Å². The maximum Gasteiger partial charge on any atom is 0.355 e. The van der Waals surface area contributed by atoms with Crippen LogP contribution >= 0.6 is 0 Å². The number of rotatable bonds is 5. The minimum atomic E-state index is -0.490. The predicted molar refractivity (Wildman–Crippen MR) is 58.5 cm³/mol. The molecule has 0 unspecified atom stereocenters. The molecular formula is C11H15NO4. The van der Waals surface area contributed by atoms with Crippen molar-refractivity contribution < 1.29 is 14.3 Å². The van der Waals surface area contributed by atoms with E-state index in [1.165, 1.54) is 23.8 Å². The molecule has 0 saturated heterocycles. The highest BCUT2D eigenvalue weighted by molar-refractivity contribution is 5.87. The Morgan fingerprint density at radius 1 is 1.44 bits per heavy atom. The highest BCUT2D eigenvalue weighted by atomic mass is 16.5. The van der Waals surface area contributed by atoms with Crippen molar-refractivity contribution in [1.29, 1.82) is 0 Å². The van der Waals surface area contributed by atoms with Crippen molar-refractivity contribution in [2.75, 3.05) is 20.3 Å². The number of ether oxygens (including phenoxy) is 2. The van der Waals surface area contributed by atoms with Gasteiger partial charge >= 0.3 is 5.97 Å². The molecule has 0 bridgehead atoms. The molecule has 5 heteroatoms. The van der Waals surface area contributed by atoms with Crippen LogP contribution < -0.4 is 5.56 Å². The van der Waals surface area contributed by atoms with Gasteiger partial charge in [-0.05, 0) is 13.0 Å². The normalized spacial score (nSPS) is 10.1. The second-order valence-corrected chi connectivity index (χ2v) is 3.11. The van der Waals surface area contributed by atoms with Crippen LogP contribution in [-0.4, -0.2) is 30.9 Å². The summed E-state index contributed by atoms with van der Waals surface area (Å²) in [5.74, 6) is -0.490. The summed E-state index contributed by atoms with van der Waals surface area (Å²) in [6.07, 6.45) is 0. The monoisotopic (exact) mass is 225 g/mol. The van der Waals surface area contributed by atoms with Gasteiger partial charge in [0, 0.05) is 19.7 Å². The Morgan fingerprint density at radius 3 is 2.81 bits per heavy atom. The lowest BCUT2D eigenvalue weighted by atomic mass is 10.3. The first kappa shape index (κ1) is 12.4. The lowest BCUT2D eigenvalue weighted by Crippen LogP contribution is -2.27. The van der Waals surface area contributed by atoms with E-state index in [-0.39, 0.29) is 17.9 Å². The Balaban J connectivity index is 3.02. The van der Waals surface area contributed by atoms with Crippen molar-refractivity contribution in [3.63, 3.8) is 0 Å². The number of hydrogen-bond acceptors (Lipinski definition) is 4. The van der Waals surface area contributed by atoms with Gasteiger partial charge in [-0.25, -0.2) is 4.79 Å². The zero-order chi connectivity index (χ0) is 12.0. The lowest BCUT2D eigenvalue weighted by Gasteiger charge is -2.10. The molecule has 88 valence electrons. The Labute approximate surface area is 93.6 Å². The Morgan fingerprint density at radius 2 is 2.19 bits per heavy atom. The number of esters is 1. The molecule has 1 aromatic heterocycles. The lowest BCUT2D eigenvalue weighted by molar-refractivity contribution is 0.0509. The van der Waals surface area contributed by atoms with Crippen LogP contribution in [0.4, 0.5) is 0 Å². The van der Waals surface area contributed by atoms with E-state index in [9.17, 15) is 9.59 Å². The topological polar surface area (TPSA) is 57.5 Å². The molecule has 0 fully saturated rings. The molecule has 0 aliphatic rings. The summed E-state index contributed by atoms with van der Waals surface area (Å²) in [4.78, 5) is 23.1. The van der Waals surface area contributed by atoms with Gasteiger partial charge in [-0.1, -0.05) is 6.07 Å². The number of carbonyl (C=O) groups is 1. The van der Waals surface area contributed by atoms with Gasteiger partial charge < -0.3 is 14.0 Å². The minimum absolute atomic E-state index is 0.234. The third-order valence-electron chi connectivity index (χ3n) is 2.05. The zero-order valence-electron chi connectivity index (χ0n) is 9.43. The predicted octanol–water partition coefficient (Wildman–Crippen LogP) is 0.671. The molecule has 16 heavy (non-hydrogen) atoms. The zero-order valence-corrected chi connectivity index (χ0v) is 9.43. The molecule has 0 aliphatic carbocycles. The molecule has 0 N–H and O–H groups in total. The average Bonchev–Trinajstić information content (AvgIpc) is 2.27. The summed E-state index contributed by atoms with van der Waals surface area (Å²) in [6, 6.07) is 4.51. The van der Waals surface area contributed by atoms with E-state index in [0.29, 0.717) is 13.2 Å². The summed E-state index contributed by atoms with van der Waals surface area (Å²) in [5, 5.41) is 0. The summed E-state index contributed by atoms with van der Waals surface area (Å²) in [6.45, 7) is 2.71. The van der Waals surface area contributed by atoms with E-state index < -0.39 is 5.97 Å². The van der Waals surface area contributed by atoms with Crippen molar-refractivity contribution in [2.45, 2.75) is 13.5 Å². The van der Waals surface area contributed by atoms with Gasteiger partial charge in [-0.2, -0.15) is 0 Å². The van der Waals surface area contributed by atoms with Gasteiger partial charge in [0.2, 0.25) is 0 Å². The summed E-state index contributed by atoms with van der Waals surface area (Å²) in [5.41, 5.74) is 0.0222. The van der Waals surface area contributed by atoms with Gasteiger partial charge in [0.1, 0.15) is 5.69 Å². The van der Waals surface area contributed by atoms with Gasteiger partial charge in [0.15, 0.2) is 0 Å². The molecule has 0 radical (unpaired) electrons. The van der Waals surface area contributed by atoms with Crippen LogP contribution in [0.5, 0.6) is 0 Å². The standard InChI is InChI=1S/C11H15NO4/c1-3-16-11(14)9-5-4-6-10(13)12(9)7-8-15-2/h4-6H,3,7-8H2,1-2H3. The largest absolute Gasteiger partial charge is 0.461 e. The van der Waals surface area contributed by atoms with Crippen molar-refractivity contribution in [3.8, 4) is 0 Å². The fourth-order valence-corrected chi connectivity index (χ4v) is 1.32. The molecule has 0 atom stereocenters. The van der Waals surface area contributed by atoms with Crippen molar-refractivity contribution in [3.05, 3.63) is 34.2 Å². The van der Waals surface area contributed by atoms with E-state index in [2.05, 4.69) is 0 Å². The average molecular weight is 225 g/mol. The molecule has 1 heterocycles. The van der Waals surface area contributed by atoms with E-state index in [0.717, 1.165) is 0 Å². The van der Waals surface area contributed by atoms with Crippen LogP contribution in [0.3, 0.4) is 0 Å². The highest BCUT2D eigenvalue weighted by Gasteiger charge is 2.12. The second kappa shape index (κ2) is 6.07. The second-order valence-electron chi connectivity index (χ2n) is 3.11. The van der Waals surface area contributed by atoms with E-state index in [4.69, 9.17) is 9.47 Å². The van der Waals surface area contributed by atoms with Gasteiger partial charge in [-0.15, -0.1) is 0 Å². The fraction of sp³-hybridized carbons (Fsp3) is 0.455. The summed E-state index contributed by atoms with van der Waals surface area (Å²) < 4.78 is 11.1. The van der Waals surface area contributed by atoms with Crippen molar-refractivity contribution in [2.24, 2.45) is 0 Å².